The van der Waals surface area contributed by atoms with E-state index in [1.165, 1.54) is 0 Å². The Morgan fingerprint density at radius 3 is 2.20 bits per heavy atom. The molecule has 4 nitrogen and oxygen atoms in total. The molecule has 0 spiro atoms. The van der Waals surface area contributed by atoms with Crippen LogP contribution in [0, 0.1) is 13.8 Å². The molecule has 1 amide bonds. The Morgan fingerprint density at radius 2 is 1.64 bits per heavy atom. The Morgan fingerprint density at radius 1 is 1.00 bits per heavy atom. The lowest BCUT2D eigenvalue weighted by Gasteiger charge is -2.09. The van der Waals surface area contributed by atoms with Gasteiger partial charge in [0.15, 0.2) is 6.61 Å². The number of alkyl halides is 3. The first-order valence-corrected chi connectivity index (χ1v) is 7.38. The van der Waals surface area contributed by atoms with Gasteiger partial charge in [0.05, 0.1) is 11.1 Å². The maximum atomic E-state index is 12.5. The Balaban J connectivity index is 1.90. The molecule has 0 atom stereocenters. The van der Waals surface area contributed by atoms with E-state index in [-0.39, 0.29) is 5.56 Å². The summed E-state index contributed by atoms with van der Waals surface area (Å²) in [5.74, 6) is -1.41. The van der Waals surface area contributed by atoms with Crippen LogP contribution in [0.1, 0.15) is 27.0 Å². The van der Waals surface area contributed by atoms with Crippen molar-refractivity contribution in [3.8, 4) is 0 Å². The normalized spacial score (nSPS) is 11.1. The molecule has 25 heavy (non-hydrogen) atoms. The van der Waals surface area contributed by atoms with Gasteiger partial charge in [0, 0.05) is 5.69 Å². The molecule has 0 radical (unpaired) electrons. The van der Waals surface area contributed by atoms with Crippen molar-refractivity contribution in [1.29, 1.82) is 0 Å². The minimum absolute atomic E-state index is 0.0630. The van der Waals surface area contributed by atoms with Crippen LogP contribution < -0.4 is 5.32 Å². The Kier molecular flexibility index (Phi) is 5.46. The molecule has 0 aliphatic heterocycles. The van der Waals surface area contributed by atoms with E-state index < -0.39 is 30.2 Å². The smallest absolute Gasteiger partial charge is 0.416 e. The number of rotatable bonds is 4. The number of carbonyl (C=O) groups is 2. The molecule has 0 saturated carbocycles. The van der Waals surface area contributed by atoms with E-state index in [1.54, 1.807) is 12.1 Å². The summed E-state index contributed by atoms with van der Waals surface area (Å²) in [4.78, 5) is 23.6. The predicted octanol–water partition coefficient (Wildman–Crippen LogP) is 4.12. The number of hydrogen-bond acceptors (Lipinski definition) is 3. The minimum atomic E-state index is -4.48. The van der Waals surface area contributed by atoms with Crippen LogP contribution in [0.25, 0.3) is 0 Å². The maximum Gasteiger partial charge on any atom is 0.416 e. The monoisotopic (exact) mass is 351 g/mol. The second kappa shape index (κ2) is 7.38. The van der Waals surface area contributed by atoms with Gasteiger partial charge in [0.1, 0.15) is 0 Å². The summed E-state index contributed by atoms with van der Waals surface area (Å²) >= 11 is 0. The van der Waals surface area contributed by atoms with Gasteiger partial charge in [0.25, 0.3) is 5.91 Å². The standard InChI is InChI=1S/C18H16F3NO3/c1-11-3-8-15(9-12(11)2)22-16(23)10-25-17(24)13-4-6-14(7-5-13)18(19,20)21/h3-9H,10H2,1-2H3,(H,22,23). The topological polar surface area (TPSA) is 55.4 Å². The van der Waals surface area contributed by atoms with Crippen LogP contribution in [0.15, 0.2) is 42.5 Å². The quantitative estimate of drug-likeness (QED) is 0.843. The zero-order chi connectivity index (χ0) is 18.6. The summed E-state index contributed by atoms with van der Waals surface area (Å²) in [6.45, 7) is 3.30. The second-order valence-corrected chi connectivity index (χ2v) is 5.50. The summed E-state index contributed by atoms with van der Waals surface area (Å²) in [6.07, 6.45) is -4.48. The number of nitrogens with one attached hydrogen (secondary N) is 1. The van der Waals surface area contributed by atoms with Gasteiger partial charge in [-0.3, -0.25) is 4.79 Å². The molecule has 0 saturated heterocycles. The molecule has 7 heteroatoms. The van der Waals surface area contributed by atoms with E-state index in [0.29, 0.717) is 5.69 Å². The molecular formula is C18H16F3NO3. The lowest BCUT2D eigenvalue weighted by atomic mass is 10.1. The van der Waals surface area contributed by atoms with Crippen LogP contribution in [-0.2, 0) is 15.7 Å². The fourth-order valence-corrected chi connectivity index (χ4v) is 2.03. The third-order valence-corrected chi connectivity index (χ3v) is 3.57. The first-order valence-electron chi connectivity index (χ1n) is 7.38. The number of amides is 1. The highest BCUT2D eigenvalue weighted by atomic mass is 19.4. The number of hydrogen-bond donors (Lipinski definition) is 1. The molecule has 0 aliphatic carbocycles. The average Bonchev–Trinajstić information content (AvgIpc) is 2.55. The van der Waals surface area contributed by atoms with Crippen LogP contribution in [0.5, 0.6) is 0 Å². The lowest BCUT2D eigenvalue weighted by Crippen LogP contribution is -2.21. The van der Waals surface area contributed by atoms with E-state index in [9.17, 15) is 22.8 Å². The average molecular weight is 351 g/mol. The van der Waals surface area contributed by atoms with Gasteiger partial charge in [-0.2, -0.15) is 13.2 Å². The van der Waals surface area contributed by atoms with Crippen molar-refractivity contribution in [2.75, 3.05) is 11.9 Å². The van der Waals surface area contributed by atoms with Crippen LogP contribution >= 0.6 is 0 Å². The van der Waals surface area contributed by atoms with Crippen molar-refractivity contribution in [2.45, 2.75) is 20.0 Å². The summed E-state index contributed by atoms with van der Waals surface area (Å²) < 4.78 is 42.2. The highest BCUT2D eigenvalue weighted by Crippen LogP contribution is 2.29. The van der Waals surface area contributed by atoms with E-state index in [1.807, 2.05) is 19.9 Å². The summed E-state index contributed by atoms with van der Waals surface area (Å²) in [6, 6.07) is 8.93. The maximum absolute atomic E-state index is 12.5. The molecule has 0 aliphatic rings. The van der Waals surface area contributed by atoms with Crippen LogP contribution in [-0.4, -0.2) is 18.5 Å². The SMILES string of the molecule is Cc1ccc(NC(=O)COC(=O)c2ccc(C(F)(F)F)cc2)cc1C. The van der Waals surface area contributed by atoms with Gasteiger partial charge in [0.2, 0.25) is 0 Å². The van der Waals surface area contributed by atoms with Crippen LogP contribution in [0.2, 0.25) is 0 Å². The zero-order valence-electron chi connectivity index (χ0n) is 13.6. The van der Waals surface area contributed by atoms with Gasteiger partial charge < -0.3 is 10.1 Å². The van der Waals surface area contributed by atoms with Crippen molar-refractivity contribution >= 4 is 17.6 Å². The molecule has 0 unspecified atom stereocenters. The third kappa shape index (κ3) is 5.07. The van der Waals surface area contributed by atoms with Crippen molar-refractivity contribution in [3.05, 3.63) is 64.7 Å². The highest BCUT2D eigenvalue weighted by Gasteiger charge is 2.30. The molecule has 1 N–H and O–H groups in total. The highest BCUT2D eigenvalue weighted by molar-refractivity contribution is 5.95. The van der Waals surface area contributed by atoms with Crippen LogP contribution in [0.3, 0.4) is 0 Å². The number of aryl methyl sites for hydroxylation is 2. The Bertz CT molecular complexity index is 783. The first-order chi connectivity index (χ1) is 11.7. The minimum Gasteiger partial charge on any atom is -0.452 e. The van der Waals surface area contributed by atoms with E-state index in [2.05, 4.69) is 5.32 Å². The van der Waals surface area contributed by atoms with Crippen LogP contribution in [0.4, 0.5) is 18.9 Å². The van der Waals surface area contributed by atoms with Crippen molar-refractivity contribution in [3.63, 3.8) is 0 Å². The molecule has 2 aromatic carbocycles. The molecule has 2 aromatic rings. The number of carbonyl (C=O) groups excluding carboxylic acids is 2. The summed E-state index contributed by atoms with van der Waals surface area (Å²) in [5.41, 5.74) is 1.72. The fraction of sp³-hybridized carbons (Fsp3) is 0.222. The molecule has 132 valence electrons. The molecular weight excluding hydrogens is 335 g/mol. The van der Waals surface area contributed by atoms with Gasteiger partial charge in [-0.25, -0.2) is 4.79 Å². The Hall–Kier alpha value is -2.83. The molecule has 0 aromatic heterocycles. The van der Waals surface area contributed by atoms with Crippen molar-refractivity contribution < 1.29 is 27.5 Å². The van der Waals surface area contributed by atoms with Gasteiger partial charge in [-0.05, 0) is 61.4 Å². The molecule has 0 fully saturated rings. The van der Waals surface area contributed by atoms with E-state index in [0.717, 1.165) is 35.4 Å². The summed E-state index contributed by atoms with van der Waals surface area (Å²) in [5, 5.41) is 2.58. The zero-order valence-corrected chi connectivity index (χ0v) is 13.6. The fourth-order valence-electron chi connectivity index (χ4n) is 2.03. The summed E-state index contributed by atoms with van der Waals surface area (Å²) in [7, 11) is 0. The molecule has 0 bridgehead atoms. The van der Waals surface area contributed by atoms with Gasteiger partial charge in [-0.1, -0.05) is 6.07 Å². The lowest BCUT2D eigenvalue weighted by molar-refractivity contribution is -0.137. The van der Waals surface area contributed by atoms with E-state index >= 15 is 0 Å². The predicted molar refractivity (Wildman–Crippen MR) is 86.3 cm³/mol. The third-order valence-electron chi connectivity index (χ3n) is 3.57. The van der Waals surface area contributed by atoms with Gasteiger partial charge in [-0.15, -0.1) is 0 Å². The van der Waals surface area contributed by atoms with E-state index in [4.69, 9.17) is 4.74 Å². The number of anilines is 1. The largest absolute Gasteiger partial charge is 0.452 e. The second-order valence-electron chi connectivity index (χ2n) is 5.50. The first kappa shape index (κ1) is 18.5. The molecule has 2 rings (SSSR count). The van der Waals surface area contributed by atoms with Crippen molar-refractivity contribution in [2.24, 2.45) is 0 Å². The number of halogens is 3. The number of benzene rings is 2. The van der Waals surface area contributed by atoms with Crippen molar-refractivity contribution in [1.82, 2.24) is 0 Å². The number of esters is 1. The number of ether oxygens (including phenoxy) is 1. The Labute approximate surface area is 142 Å². The molecule has 0 heterocycles. The van der Waals surface area contributed by atoms with Gasteiger partial charge >= 0.3 is 12.1 Å².